The maximum Gasteiger partial charge on any atom is 0.227 e. The van der Waals surface area contributed by atoms with E-state index in [1.54, 1.807) is 0 Å². The van der Waals surface area contributed by atoms with Gasteiger partial charge in [0.1, 0.15) is 0 Å². The maximum atomic E-state index is 11.3. The lowest BCUT2D eigenvalue weighted by atomic mass is 10.00. The average molecular weight is 195 g/mol. The second kappa shape index (κ2) is 3.04. The largest absolute Gasteiger partial charge is 0.336 e. The van der Waals surface area contributed by atoms with Gasteiger partial charge in [-0.3, -0.25) is 4.79 Å². The third-order valence-electron chi connectivity index (χ3n) is 2.22. The average Bonchev–Trinajstić information content (AvgIpc) is 2.08. The molecule has 1 aliphatic rings. The molecule has 1 amide bonds. The van der Waals surface area contributed by atoms with Gasteiger partial charge in [0.25, 0.3) is 0 Å². The first-order chi connectivity index (χ1) is 6.16. The van der Waals surface area contributed by atoms with Gasteiger partial charge in [-0.25, -0.2) is 0 Å². The van der Waals surface area contributed by atoms with Gasteiger partial charge in [0.15, 0.2) is 0 Å². The summed E-state index contributed by atoms with van der Waals surface area (Å²) in [7, 11) is 3.65. The number of hydrogen-bond acceptors (Lipinski definition) is 1. The van der Waals surface area contributed by atoms with Gasteiger partial charge in [0, 0.05) is 18.6 Å². The van der Waals surface area contributed by atoms with E-state index < -0.39 is 0 Å². The summed E-state index contributed by atoms with van der Waals surface area (Å²) in [6.07, 6.45) is 0.440. The highest BCUT2D eigenvalue weighted by Gasteiger charge is 2.19. The summed E-state index contributed by atoms with van der Waals surface area (Å²) < 4.78 is 0. The Labute approximate surface area is 82.1 Å². The zero-order chi connectivity index (χ0) is 9.42. The fourth-order valence-corrected chi connectivity index (χ4v) is 1.68. The lowest BCUT2D eigenvalue weighted by Gasteiger charge is -2.24. The highest BCUT2D eigenvalue weighted by molar-refractivity contribution is 6.30. The minimum absolute atomic E-state index is 0.0647. The molecule has 1 heterocycles. The molecule has 0 spiro atoms. The van der Waals surface area contributed by atoms with Crippen molar-refractivity contribution < 1.29 is 4.79 Å². The van der Waals surface area contributed by atoms with Crippen LogP contribution in [0.1, 0.15) is 11.1 Å². The van der Waals surface area contributed by atoms with Gasteiger partial charge in [0.2, 0.25) is 5.91 Å². The molecule has 1 radical (unpaired) electrons. The number of rotatable bonds is 0. The number of carbonyl (C=O) groups excluding carboxylic acids is 1. The summed E-state index contributed by atoms with van der Waals surface area (Å²) in [6.45, 7) is 0.564. The smallest absolute Gasteiger partial charge is 0.227 e. The first kappa shape index (κ1) is 8.57. The third kappa shape index (κ3) is 1.54. The lowest BCUT2D eigenvalue weighted by Crippen LogP contribution is -2.30. The molecule has 13 heavy (non-hydrogen) atoms. The maximum absolute atomic E-state index is 11.3. The second-order valence-corrected chi connectivity index (χ2v) is 3.62. The van der Waals surface area contributed by atoms with Crippen molar-refractivity contribution in [3.05, 3.63) is 41.4 Å². The van der Waals surface area contributed by atoms with Gasteiger partial charge in [-0.15, -0.1) is 0 Å². The standard InChI is InChI=1S/C10H9ClNO/c1-12-6-8-4-9(11)3-2-7(8)5-10(12)13/h2-4H,1,5-6H2. The van der Waals surface area contributed by atoms with Crippen LogP contribution in [-0.4, -0.2) is 10.8 Å². The van der Waals surface area contributed by atoms with Crippen LogP contribution in [0, 0.1) is 7.05 Å². The number of benzene rings is 1. The summed E-state index contributed by atoms with van der Waals surface area (Å²) >= 11 is 5.84. The van der Waals surface area contributed by atoms with Gasteiger partial charge >= 0.3 is 0 Å². The molecule has 0 bridgehead atoms. The molecule has 67 valence electrons. The molecule has 0 saturated heterocycles. The molecule has 0 aromatic heterocycles. The molecule has 0 N–H and O–H groups in total. The van der Waals surface area contributed by atoms with E-state index >= 15 is 0 Å². The SMILES string of the molecule is [CH2]N1Cc2cc(Cl)ccc2CC1=O. The molecular weight excluding hydrogens is 186 g/mol. The number of carbonyl (C=O) groups is 1. The highest BCUT2D eigenvalue weighted by Crippen LogP contribution is 2.22. The van der Waals surface area contributed by atoms with Crippen LogP contribution in [0.5, 0.6) is 0 Å². The third-order valence-corrected chi connectivity index (χ3v) is 2.46. The normalized spacial score (nSPS) is 15.8. The van der Waals surface area contributed by atoms with Crippen molar-refractivity contribution in [2.24, 2.45) is 0 Å². The Morgan fingerprint density at radius 1 is 1.38 bits per heavy atom. The molecule has 0 atom stereocenters. The Morgan fingerprint density at radius 2 is 2.15 bits per heavy atom. The van der Waals surface area contributed by atoms with Crippen molar-refractivity contribution in [1.29, 1.82) is 0 Å². The summed E-state index contributed by atoms with van der Waals surface area (Å²) in [5, 5.41) is 0.710. The molecular formula is C10H9ClNO. The molecule has 2 rings (SSSR count). The molecule has 2 nitrogen and oxygen atoms in total. The number of nitrogens with zero attached hydrogens (tertiary/aromatic N) is 1. The van der Waals surface area contributed by atoms with E-state index in [0.29, 0.717) is 18.0 Å². The minimum atomic E-state index is 0.0647. The van der Waals surface area contributed by atoms with Crippen LogP contribution in [0.2, 0.25) is 5.02 Å². The Balaban J connectivity index is 2.42. The Morgan fingerprint density at radius 3 is 2.92 bits per heavy atom. The number of halogens is 1. The van der Waals surface area contributed by atoms with Crippen molar-refractivity contribution in [2.45, 2.75) is 13.0 Å². The molecule has 0 unspecified atom stereocenters. The molecule has 0 aliphatic carbocycles. The van der Waals surface area contributed by atoms with E-state index in [4.69, 9.17) is 11.6 Å². The van der Waals surface area contributed by atoms with Crippen molar-refractivity contribution >= 4 is 17.5 Å². The topological polar surface area (TPSA) is 20.3 Å². The molecule has 0 saturated carbocycles. The van der Waals surface area contributed by atoms with E-state index in [-0.39, 0.29) is 5.91 Å². The van der Waals surface area contributed by atoms with Gasteiger partial charge in [-0.1, -0.05) is 17.7 Å². The predicted octanol–water partition coefficient (Wildman–Crippen LogP) is 2.02. The first-order valence-electron chi connectivity index (χ1n) is 4.05. The highest BCUT2D eigenvalue weighted by atomic mass is 35.5. The quantitative estimate of drug-likeness (QED) is 0.619. The van der Waals surface area contributed by atoms with Crippen molar-refractivity contribution in [2.75, 3.05) is 0 Å². The summed E-state index contributed by atoms with van der Waals surface area (Å²) in [6, 6.07) is 5.61. The van der Waals surface area contributed by atoms with Crippen molar-refractivity contribution in [1.82, 2.24) is 4.90 Å². The van der Waals surface area contributed by atoms with Gasteiger partial charge < -0.3 is 4.90 Å². The predicted molar refractivity (Wildman–Crippen MR) is 51.1 cm³/mol. The van der Waals surface area contributed by atoms with Crippen LogP contribution in [0.3, 0.4) is 0 Å². The Kier molecular flexibility index (Phi) is 2.00. The van der Waals surface area contributed by atoms with E-state index in [9.17, 15) is 4.79 Å². The van der Waals surface area contributed by atoms with Crippen LogP contribution >= 0.6 is 11.6 Å². The number of amides is 1. The zero-order valence-electron chi connectivity index (χ0n) is 7.09. The molecule has 0 fully saturated rings. The van der Waals surface area contributed by atoms with E-state index in [1.807, 2.05) is 18.2 Å². The van der Waals surface area contributed by atoms with Gasteiger partial charge in [-0.05, 0) is 23.3 Å². The fourth-order valence-electron chi connectivity index (χ4n) is 1.48. The zero-order valence-corrected chi connectivity index (χ0v) is 7.84. The van der Waals surface area contributed by atoms with E-state index in [0.717, 1.165) is 11.1 Å². The first-order valence-corrected chi connectivity index (χ1v) is 4.43. The minimum Gasteiger partial charge on any atom is -0.336 e. The van der Waals surface area contributed by atoms with Gasteiger partial charge in [-0.2, -0.15) is 0 Å². The van der Waals surface area contributed by atoms with Crippen LogP contribution < -0.4 is 0 Å². The second-order valence-electron chi connectivity index (χ2n) is 3.18. The number of fused-ring (bicyclic) bond motifs is 1. The van der Waals surface area contributed by atoms with Crippen LogP contribution in [0.4, 0.5) is 0 Å². The molecule has 3 heteroatoms. The van der Waals surface area contributed by atoms with Gasteiger partial charge in [0.05, 0.1) is 6.42 Å². The fraction of sp³-hybridized carbons (Fsp3) is 0.200. The number of hydrogen-bond donors (Lipinski definition) is 0. The molecule has 1 aromatic carbocycles. The van der Waals surface area contributed by atoms with E-state index in [2.05, 4.69) is 7.05 Å². The van der Waals surface area contributed by atoms with E-state index in [1.165, 1.54) is 4.90 Å². The Bertz CT molecular complexity index is 362. The van der Waals surface area contributed by atoms with Crippen molar-refractivity contribution in [3.63, 3.8) is 0 Å². The van der Waals surface area contributed by atoms with Crippen LogP contribution in [0.25, 0.3) is 0 Å². The summed E-state index contributed by atoms with van der Waals surface area (Å²) in [5.41, 5.74) is 2.16. The molecule has 1 aliphatic heterocycles. The van der Waals surface area contributed by atoms with Crippen molar-refractivity contribution in [3.8, 4) is 0 Å². The van der Waals surface area contributed by atoms with Crippen LogP contribution in [-0.2, 0) is 17.8 Å². The summed E-state index contributed by atoms with van der Waals surface area (Å²) in [5.74, 6) is 0.0647. The molecule has 1 aromatic rings. The Hall–Kier alpha value is -1.02. The van der Waals surface area contributed by atoms with Crippen LogP contribution in [0.15, 0.2) is 18.2 Å². The monoisotopic (exact) mass is 194 g/mol. The lowest BCUT2D eigenvalue weighted by molar-refractivity contribution is -0.129. The summed E-state index contributed by atoms with van der Waals surface area (Å²) in [4.78, 5) is 12.7.